The Morgan fingerprint density at radius 3 is 3.04 bits per heavy atom. The Labute approximate surface area is 138 Å². The molecule has 0 aliphatic carbocycles. The number of nitrogens with one attached hydrogen (secondary N) is 1. The molecule has 0 radical (unpaired) electrons. The van der Waals surface area contributed by atoms with Crippen LogP contribution in [0.1, 0.15) is 51.7 Å². The Kier molecular flexibility index (Phi) is 3.77. The molecule has 4 heteroatoms. The molecular formula is C19H27NO3. The molecular weight excluding hydrogens is 290 g/mol. The smallest absolute Gasteiger partial charge is 0.167 e. The van der Waals surface area contributed by atoms with E-state index >= 15 is 0 Å². The Morgan fingerprint density at radius 2 is 2.22 bits per heavy atom. The molecule has 0 bridgehead atoms. The molecule has 1 aromatic carbocycles. The molecule has 4 rings (SSSR count). The topological polar surface area (TPSA) is 39.7 Å². The van der Waals surface area contributed by atoms with Gasteiger partial charge in [-0.1, -0.05) is 12.1 Å². The van der Waals surface area contributed by atoms with E-state index in [4.69, 9.17) is 14.2 Å². The van der Waals surface area contributed by atoms with Crippen molar-refractivity contribution in [3.63, 3.8) is 0 Å². The summed E-state index contributed by atoms with van der Waals surface area (Å²) >= 11 is 0. The third-order valence-electron chi connectivity index (χ3n) is 5.59. The largest absolute Gasteiger partial charge is 0.490 e. The van der Waals surface area contributed by atoms with Gasteiger partial charge in [0.25, 0.3) is 0 Å². The number of piperidine rings is 1. The van der Waals surface area contributed by atoms with Gasteiger partial charge in [-0.2, -0.15) is 0 Å². The highest BCUT2D eigenvalue weighted by molar-refractivity contribution is 5.50. The molecule has 1 N–H and O–H groups in total. The van der Waals surface area contributed by atoms with Crippen LogP contribution in [0.4, 0.5) is 0 Å². The lowest BCUT2D eigenvalue weighted by Gasteiger charge is -2.52. The van der Waals surface area contributed by atoms with Gasteiger partial charge in [0.1, 0.15) is 5.60 Å². The van der Waals surface area contributed by atoms with Gasteiger partial charge >= 0.3 is 0 Å². The third-order valence-corrected chi connectivity index (χ3v) is 5.59. The molecule has 2 fully saturated rings. The number of benzene rings is 1. The molecule has 3 heterocycles. The van der Waals surface area contributed by atoms with Gasteiger partial charge < -0.3 is 19.5 Å². The van der Waals surface area contributed by atoms with Gasteiger partial charge in [-0.15, -0.1) is 0 Å². The van der Waals surface area contributed by atoms with Crippen LogP contribution in [0.25, 0.3) is 0 Å². The fraction of sp³-hybridized carbons (Fsp3) is 0.684. The summed E-state index contributed by atoms with van der Waals surface area (Å²) in [6.07, 6.45) is 3.89. The maximum atomic E-state index is 6.59. The van der Waals surface area contributed by atoms with Crippen molar-refractivity contribution in [1.29, 1.82) is 0 Å². The van der Waals surface area contributed by atoms with E-state index in [0.717, 1.165) is 36.4 Å². The van der Waals surface area contributed by atoms with Crippen molar-refractivity contribution >= 4 is 0 Å². The first-order valence-corrected chi connectivity index (χ1v) is 8.93. The maximum absolute atomic E-state index is 6.59. The Balaban J connectivity index is 1.73. The first-order chi connectivity index (χ1) is 11.1. The summed E-state index contributed by atoms with van der Waals surface area (Å²) in [5.41, 5.74) is 0.902. The molecule has 0 unspecified atom stereocenters. The van der Waals surface area contributed by atoms with Gasteiger partial charge in [-0.05, 0) is 52.6 Å². The van der Waals surface area contributed by atoms with Crippen LogP contribution in [0.15, 0.2) is 18.2 Å². The van der Waals surface area contributed by atoms with Gasteiger partial charge in [-0.25, -0.2) is 0 Å². The van der Waals surface area contributed by atoms with Crippen LogP contribution in [0.5, 0.6) is 11.5 Å². The Bertz CT molecular complexity index is 586. The number of rotatable bonds is 2. The molecule has 2 saturated heterocycles. The predicted octanol–water partition coefficient (Wildman–Crippen LogP) is 3.45. The van der Waals surface area contributed by atoms with Crippen LogP contribution in [-0.4, -0.2) is 30.9 Å². The fourth-order valence-corrected chi connectivity index (χ4v) is 4.41. The summed E-state index contributed by atoms with van der Waals surface area (Å²) in [5.74, 6) is 2.07. The zero-order chi connectivity index (χ0) is 16.0. The lowest BCUT2D eigenvalue weighted by atomic mass is 9.73. The van der Waals surface area contributed by atoms with E-state index < -0.39 is 0 Å². The van der Waals surface area contributed by atoms with E-state index in [0.29, 0.717) is 24.7 Å². The third kappa shape index (κ3) is 2.52. The summed E-state index contributed by atoms with van der Waals surface area (Å²) in [4.78, 5) is 0. The molecule has 3 aliphatic heterocycles. The second-order valence-corrected chi connectivity index (χ2v) is 7.45. The van der Waals surface area contributed by atoms with Crippen LogP contribution in [0.2, 0.25) is 0 Å². The Hall–Kier alpha value is -1.26. The lowest BCUT2D eigenvalue weighted by Crippen LogP contribution is -2.57. The van der Waals surface area contributed by atoms with E-state index in [9.17, 15) is 0 Å². The van der Waals surface area contributed by atoms with Crippen LogP contribution >= 0.6 is 0 Å². The molecule has 0 aromatic heterocycles. The van der Waals surface area contributed by atoms with Gasteiger partial charge in [0.2, 0.25) is 0 Å². The van der Waals surface area contributed by atoms with Crippen molar-refractivity contribution in [1.82, 2.24) is 5.32 Å². The highest BCUT2D eigenvalue weighted by Gasteiger charge is 2.51. The maximum Gasteiger partial charge on any atom is 0.167 e. The summed E-state index contributed by atoms with van der Waals surface area (Å²) in [6.45, 7) is 8.12. The first kappa shape index (κ1) is 15.3. The minimum absolute atomic E-state index is 0.107. The first-order valence-electron chi connectivity index (χ1n) is 8.93. The van der Waals surface area contributed by atoms with Crippen LogP contribution in [0.3, 0.4) is 0 Å². The van der Waals surface area contributed by atoms with Crippen molar-refractivity contribution in [2.45, 2.75) is 63.9 Å². The molecule has 0 spiro atoms. The minimum atomic E-state index is -0.255. The number of hydrogen-bond donors (Lipinski definition) is 1. The molecule has 3 aliphatic rings. The van der Waals surface area contributed by atoms with Gasteiger partial charge in [0, 0.05) is 17.5 Å². The van der Waals surface area contributed by atoms with Crippen LogP contribution < -0.4 is 14.8 Å². The molecule has 4 atom stereocenters. The SMILES string of the molecule is CCOc1cccc2c1OC(C)(C)[C@@H]1C[C@H]3NCCC[C@H]3O[C@@H]21. The number of fused-ring (bicyclic) bond motifs is 4. The Morgan fingerprint density at radius 1 is 1.35 bits per heavy atom. The highest BCUT2D eigenvalue weighted by Crippen LogP contribution is 2.53. The van der Waals surface area contributed by atoms with Crippen molar-refractivity contribution in [2.24, 2.45) is 5.92 Å². The molecule has 126 valence electrons. The van der Waals surface area contributed by atoms with Crippen LogP contribution in [-0.2, 0) is 4.74 Å². The molecule has 0 amide bonds. The summed E-state index contributed by atoms with van der Waals surface area (Å²) in [7, 11) is 0. The average Bonchev–Trinajstić information content (AvgIpc) is 2.54. The zero-order valence-corrected chi connectivity index (χ0v) is 14.3. The highest BCUT2D eigenvalue weighted by atomic mass is 16.5. The molecule has 0 saturated carbocycles. The fourth-order valence-electron chi connectivity index (χ4n) is 4.41. The van der Waals surface area contributed by atoms with Gasteiger partial charge in [0.05, 0.1) is 18.8 Å². The normalized spacial score (nSPS) is 34.6. The van der Waals surface area contributed by atoms with Crippen molar-refractivity contribution in [2.75, 3.05) is 13.2 Å². The summed E-state index contributed by atoms with van der Waals surface area (Å²) in [6, 6.07) is 6.65. The standard InChI is InChI=1S/C19H27NO3/c1-4-21-16-8-5-7-12-17-13(19(2,3)23-18(12)16)11-14-15(22-17)9-6-10-20-14/h5,7-8,13-15,17,20H,4,6,9-11H2,1-3H3/t13-,14-,15-,17+/m1/s1. The van der Waals surface area contributed by atoms with Crippen LogP contribution in [0, 0.1) is 5.92 Å². The van der Waals surface area contributed by atoms with E-state index in [-0.39, 0.29) is 11.7 Å². The summed E-state index contributed by atoms with van der Waals surface area (Å²) < 4.78 is 18.8. The quantitative estimate of drug-likeness (QED) is 0.907. The van der Waals surface area contributed by atoms with Gasteiger partial charge in [-0.3, -0.25) is 0 Å². The molecule has 1 aromatic rings. The van der Waals surface area contributed by atoms with Crippen molar-refractivity contribution < 1.29 is 14.2 Å². The number of para-hydroxylation sites is 1. The van der Waals surface area contributed by atoms with E-state index in [1.807, 2.05) is 13.0 Å². The minimum Gasteiger partial charge on any atom is -0.490 e. The van der Waals surface area contributed by atoms with Crippen molar-refractivity contribution in [3.8, 4) is 11.5 Å². The average molecular weight is 317 g/mol. The molecule has 23 heavy (non-hydrogen) atoms. The van der Waals surface area contributed by atoms with E-state index in [2.05, 4.69) is 31.3 Å². The van der Waals surface area contributed by atoms with E-state index in [1.165, 1.54) is 6.42 Å². The van der Waals surface area contributed by atoms with E-state index in [1.54, 1.807) is 0 Å². The summed E-state index contributed by atoms with van der Waals surface area (Å²) in [5, 5.41) is 3.64. The molecule has 4 nitrogen and oxygen atoms in total. The second kappa shape index (κ2) is 5.67. The second-order valence-electron chi connectivity index (χ2n) is 7.45. The number of ether oxygens (including phenoxy) is 3. The predicted molar refractivity (Wildman–Crippen MR) is 89.1 cm³/mol. The monoisotopic (exact) mass is 317 g/mol. The number of hydrogen-bond acceptors (Lipinski definition) is 4. The lowest BCUT2D eigenvalue weighted by molar-refractivity contribution is -0.168. The van der Waals surface area contributed by atoms with Gasteiger partial charge in [0.15, 0.2) is 11.5 Å². The van der Waals surface area contributed by atoms with Crippen molar-refractivity contribution in [3.05, 3.63) is 23.8 Å². The zero-order valence-electron chi connectivity index (χ0n) is 14.3.